The van der Waals surface area contributed by atoms with Crippen LogP contribution < -0.4 is 11.1 Å². The molecule has 3 N–H and O–H groups in total. The lowest BCUT2D eigenvalue weighted by molar-refractivity contribution is -0.122. The van der Waals surface area contributed by atoms with Crippen LogP contribution in [0.15, 0.2) is 12.4 Å². The van der Waals surface area contributed by atoms with Crippen LogP contribution in [0.3, 0.4) is 0 Å². The third-order valence-electron chi connectivity index (χ3n) is 3.47. The SMILES string of the molecule is CCC(C)N(C)CCNC(=O)C(N)c1cnn(C)c1. The molecule has 1 aromatic heterocycles. The van der Waals surface area contributed by atoms with E-state index in [0.717, 1.165) is 18.5 Å². The number of likely N-dealkylation sites (N-methyl/N-ethyl adjacent to an activating group) is 1. The van der Waals surface area contributed by atoms with E-state index in [9.17, 15) is 4.79 Å². The summed E-state index contributed by atoms with van der Waals surface area (Å²) in [6, 6.07) is -0.133. The van der Waals surface area contributed by atoms with Gasteiger partial charge in [0, 0.05) is 37.9 Å². The van der Waals surface area contributed by atoms with Gasteiger partial charge in [0.1, 0.15) is 6.04 Å². The highest BCUT2D eigenvalue weighted by Crippen LogP contribution is 2.08. The first-order valence-corrected chi connectivity index (χ1v) is 6.67. The van der Waals surface area contributed by atoms with Gasteiger partial charge in [0.05, 0.1) is 6.20 Å². The van der Waals surface area contributed by atoms with E-state index >= 15 is 0 Å². The average Bonchev–Trinajstić information content (AvgIpc) is 2.83. The van der Waals surface area contributed by atoms with Gasteiger partial charge in [-0.05, 0) is 20.4 Å². The maximum absolute atomic E-state index is 11.9. The molecule has 0 saturated carbocycles. The number of carbonyl (C=O) groups excluding carboxylic acids is 1. The molecule has 19 heavy (non-hydrogen) atoms. The molecule has 2 unspecified atom stereocenters. The Kier molecular flexibility index (Phi) is 5.98. The predicted molar refractivity (Wildman–Crippen MR) is 75.5 cm³/mol. The Labute approximate surface area is 114 Å². The molecule has 2 atom stereocenters. The number of aryl methyl sites for hydroxylation is 1. The Morgan fingerprint density at radius 3 is 2.84 bits per heavy atom. The summed E-state index contributed by atoms with van der Waals surface area (Å²) < 4.78 is 1.64. The zero-order valence-corrected chi connectivity index (χ0v) is 12.3. The normalized spacial score (nSPS) is 14.4. The van der Waals surface area contributed by atoms with Gasteiger partial charge in [-0.3, -0.25) is 9.48 Å². The van der Waals surface area contributed by atoms with E-state index in [2.05, 4.69) is 36.2 Å². The molecule has 0 aliphatic rings. The number of hydrogen-bond acceptors (Lipinski definition) is 4. The molecule has 1 heterocycles. The van der Waals surface area contributed by atoms with E-state index < -0.39 is 6.04 Å². The van der Waals surface area contributed by atoms with Crippen molar-refractivity contribution in [2.24, 2.45) is 12.8 Å². The summed E-state index contributed by atoms with van der Waals surface area (Å²) in [5.74, 6) is -0.162. The Bertz CT molecular complexity index is 403. The third kappa shape index (κ3) is 4.65. The largest absolute Gasteiger partial charge is 0.353 e. The Morgan fingerprint density at radius 1 is 1.63 bits per heavy atom. The first-order chi connectivity index (χ1) is 8.95. The van der Waals surface area contributed by atoms with Crippen molar-refractivity contribution in [3.8, 4) is 0 Å². The monoisotopic (exact) mass is 267 g/mol. The summed E-state index contributed by atoms with van der Waals surface area (Å²) in [6.07, 6.45) is 4.48. The number of carbonyl (C=O) groups is 1. The van der Waals surface area contributed by atoms with Gasteiger partial charge < -0.3 is 16.0 Å². The molecule has 0 aliphatic heterocycles. The van der Waals surface area contributed by atoms with Crippen LogP contribution in [0.1, 0.15) is 31.9 Å². The molecular weight excluding hydrogens is 242 g/mol. The molecule has 0 saturated heterocycles. The fourth-order valence-electron chi connectivity index (χ4n) is 1.75. The van der Waals surface area contributed by atoms with Gasteiger partial charge in [-0.15, -0.1) is 0 Å². The van der Waals surface area contributed by atoms with Crippen molar-refractivity contribution in [2.45, 2.75) is 32.4 Å². The lowest BCUT2D eigenvalue weighted by Crippen LogP contribution is -2.40. The van der Waals surface area contributed by atoms with E-state index in [0.29, 0.717) is 12.6 Å². The maximum Gasteiger partial charge on any atom is 0.241 e. The van der Waals surface area contributed by atoms with Crippen molar-refractivity contribution < 1.29 is 4.79 Å². The quantitative estimate of drug-likeness (QED) is 0.743. The number of nitrogens with two attached hydrogens (primary N) is 1. The Morgan fingerprint density at radius 2 is 2.32 bits per heavy atom. The second kappa shape index (κ2) is 7.25. The molecule has 0 bridgehead atoms. The molecule has 1 aromatic rings. The summed E-state index contributed by atoms with van der Waals surface area (Å²) >= 11 is 0. The summed E-state index contributed by atoms with van der Waals surface area (Å²) in [7, 11) is 3.86. The van der Waals surface area contributed by atoms with Gasteiger partial charge in [-0.2, -0.15) is 5.10 Å². The van der Waals surface area contributed by atoms with Crippen molar-refractivity contribution in [1.82, 2.24) is 20.0 Å². The molecule has 1 rings (SSSR count). The molecule has 1 amide bonds. The van der Waals surface area contributed by atoms with Crippen LogP contribution >= 0.6 is 0 Å². The molecule has 0 aliphatic carbocycles. The van der Waals surface area contributed by atoms with Gasteiger partial charge in [-0.1, -0.05) is 6.92 Å². The number of amides is 1. The minimum Gasteiger partial charge on any atom is -0.353 e. The van der Waals surface area contributed by atoms with E-state index in [4.69, 9.17) is 5.73 Å². The number of aromatic nitrogens is 2. The second-order valence-corrected chi connectivity index (χ2v) is 4.95. The van der Waals surface area contributed by atoms with Gasteiger partial charge in [-0.25, -0.2) is 0 Å². The van der Waals surface area contributed by atoms with Gasteiger partial charge >= 0.3 is 0 Å². The van der Waals surface area contributed by atoms with Crippen LogP contribution in [0.2, 0.25) is 0 Å². The summed E-state index contributed by atoms with van der Waals surface area (Å²) in [5, 5.41) is 6.87. The molecule has 0 aromatic carbocycles. The minimum absolute atomic E-state index is 0.162. The topological polar surface area (TPSA) is 76.2 Å². The van der Waals surface area contributed by atoms with Gasteiger partial charge in [0.2, 0.25) is 5.91 Å². The van der Waals surface area contributed by atoms with E-state index in [1.165, 1.54) is 0 Å². The van der Waals surface area contributed by atoms with Crippen LogP contribution in [0, 0.1) is 0 Å². The van der Waals surface area contributed by atoms with Crippen LogP contribution in [0.25, 0.3) is 0 Å². The van der Waals surface area contributed by atoms with Crippen LogP contribution in [-0.4, -0.2) is 46.8 Å². The Balaban J connectivity index is 2.35. The second-order valence-electron chi connectivity index (χ2n) is 4.95. The minimum atomic E-state index is -0.650. The maximum atomic E-state index is 11.9. The number of hydrogen-bond donors (Lipinski definition) is 2. The van der Waals surface area contributed by atoms with Crippen molar-refractivity contribution in [3.63, 3.8) is 0 Å². The van der Waals surface area contributed by atoms with Crippen molar-refractivity contribution in [2.75, 3.05) is 20.1 Å². The number of rotatable bonds is 7. The van der Waals surface area contributed by atoms with Gasteiger partial charge in [0.25, 0.3) is 0 Å². The number of nitrogens with one attached hydrogen (secondary N) is 1. The molecule has 108 valence electrons. The van der Waals surface area contributed by atoms with Crippen LogP contribution in [0.4, 0.5) is 0 Å². The zero-order valence-electron chi connectivity index (χ0n) is 12.3. The number of nitrogens with zero attached hydrogens (tertiary/aromatic N) is 3. The average molecular weight is 267 g/mol. The Hall–Kier alpha value is -1.40. The molecular formula is C13H25N5O. The van der Waals surface area contributed by atoms with Crippen molar-refractivity contribution in [3.05, 3.63) is 18.0 Å². The first-order valence-electron chi connectivity index (χ1n) is 6.67. The summed E-state index contributed by atoms with van der Waals surface area (Å²) in [6.45, 7) is 5.75. The fraction of sp³-hybridized carbons (Fsp3) is 0.692. The third-order valence-corrected chi connectivity index (χ3v) is 3.47. The lowest BCUT2D eigenvalue weighted by Gasteiger charge is -2.23. The highest BCUT2D eigenvalue weighted by Gasteiger charge is 2.17. The van der Waals surface area contributed by atoms with E-state index in [1.54, 1.807) is 24.1 Å². The fourth-order valence-corrected chi connectivity index (χ4v) is 1.75. The van der Waals surface area contributed by atoms with Crippen molar-refractivity contribution >= 4 is 5.91 Å². The highest BCUT2D eigenvalue weighted by atomic mass is 16.2. The molecule has 6 nitrogen and oxygen atoms in total. The van der Waals surface area contributed by atoms with Gasteiger partial charge in [0.15, 0.2) is 0 Å². The standard InChI is InChI=1S/C13H25N5O/c1-5-10(2)17(3)7-6-15-13(19)12(14)11-8-16-18(4)9-11/h8-10,12H,5-7,14H2,1-4H3,(H,15,19). The molecule has 0 radical (unpaired) electrons. The van der Waals surface area contributed by atoms with E-state index in [1.807, 2.05) is 0 Å². The summed E-state index contributed by atoms with van der Waals surface area (Å²) in [5.41, 5.74) is 6.61. The highest BCUT2D eigenvalue weighted by molar-refractivity contribution is 5.82. The van der Waals surface area contributed by atoms with Crippen LogP contribution in [0.5, 0.6) is 0 Å². The predicted octanol–water partition coefficient (Wildman–Crippen LogP) is 0.266. The molecule has 0 spiro atoms. The smallest absolute Gasteiger partial charge is 0.241 e. The van der Waals surface area contributed by atoms with E-state index in [-0.39, 0.29) is 5.91 Å². The molecule has 6 heteroatoms. The molecule has 0 fully saturated rings. The zero-order chi connectivity index (χ0) is 14.4. The van der Waals surface area contributed by atoms with Crippen molar-refractivity contribution in [1.29, 1.82) is 0 Å². The first kappa shape index (κ1) is 15.7. The van der Waals surface area contributed by atoms with Crippen LogP contribution in [-0.2, 0) is 11.8 Å². The summed E-state index contributed by atoms with van der Waals surface area (Å²) in [4.78, 5) is 14.1. The lowest BCUT2D eigenvalue weighted by atomic mass is 10.1.